The van der Waals surface area contributed by atoms with Crippen LogP contribution in [0.3, 0.4) is 0 Å². The van der Waals surface area contributed by atoms with Crippen LogP contribution in [0.15, 0.2) is 40.9 Å². The molecular formula is C23H20BrClFN3O2. The summed E-state index contributed by atoms with van der Waals surface area (Å²) in [6.45, 7) is 1.16. The summed E-state index contributed by atoms with van der Waals surface area (Å²) in [7, 11) is 0. The molecule has 2 amide bonds. The van der Waals surface area contributed by atoms with Crippen LogP contribution in [0.25, 0.3) is 0 Å². The summed E-state index contributed by atoms with van der Waals surface area (Å²) in [6, 6.07) is 10.3. The Bertz CT molecular complexity index is 1140. The Morgan fingerprint density at radius 2 is 2.03 bits per heavy atom. The molecule has 1 saturated carbocycles. The van der Waals surface area contributed by atoms with Crippen molar-refractivity contribution in [3.63, 3.8) is 0 Å². The van der Waals surface area contributed by atoms with Crippen LogP contribution in [-0.4, -0.2) is 35.8 Å². The number of carbonyl (C=O) groups excluding carboxylic acids is 2. The summed E-state index contributed by atoms with van der Waals surface area (Å²) in [5.41, 5.74) is 0.642. The van der Waals surface area contributed by atoms with E-state index in [0.29, 0.717) is 39.8 Å². The summed E-state index contributed by atoms with van der Waals surface area (Å²) in [5, 5.41) is 6.49. The van der Waals surface area contributed by atoms with Crippen LogP contribution in [0.5, 0.6) is 0 Å². The molecule has 4 atom stereocenters. The lowest BCUT2D eigenvalue weighted by atomic mass is 9.71. The van der Waals surface area contributed by atoms with Gasteiger partial charge < -0.3 is 10.6 Å². The van der Waals surface area contributed by atoms with Gasteiger partial charge in [0.1, 0.15) is 11.4 Å². The highest BCUT2D eigenvalue weighted by Crippen LogP contribution is 2.61. The van der Waals surface area contributed by atoms with E-state index in [1.807, 2.05) is 6.07 Å². The van der Waals surface area contributed by atoms with Crippen molar-refractivity contribution in [1.82, 2.24) is 10.2 Å². The molecule has 2 N–H and O–H groups in total. The summed E-state index contributed by atoms with van der Waals surface area (Å²) in [5.74, 6) is -1.44. The van der Waals surface area contributed by atoms with Gasteiger partial charge in [0, 0.05) is 41.3 Å². The van der Waals surface area contributed by atoms with Crippen LogP contribution in [0, 0.1) is 17.7 Å². The zero-order chi connectivity index (χ0) is 21.5. The molecule has 0 bridgehead atoms. The van der Waals surface area contributed by atoms with E-state index in [-0.39, 0.29) is 17.9 Å². The number of carbonyl (C=O) groups is 2. The van der Waals surface area contributed by atoms with Gasteiger partial charge in [0.25, 0.3) is 0 Å². The molecule has 2 aromatic carbocycles. The molecule has 1 aliphatic carbocycles. The van der Waals surface area contributed by atoms with Crippen molar-refractivity contribution < 1.29 is 14.0 Å². The fourth-order valence-electron chi connectivity index (χ4n) is 5.93. The fourth-order valence-corrected chi connectivity index (χ4v) is 6.48. The number of fused-ring (bicyclic) bond motifs is 3. The summed E-state index contributed by atoms with van der Waals surface area (Å²) >= 11 is 9.51. The van der Waals surface area contributed by atoms with Gasteiger partial charge in [-0.3, -0.25) is 14.5 Å². The number of nitrogens with zero attached hydrogens (tertiary/aromatic N) is 1. The number of likely N-dealkylation sites (tertiary alicyclic amines) is 1. The van der Waals surface area contributed by atoms with E-state index in [9.17, 15) is 9.59 Å². The number of benzene rings is 2. The lowest BCUT2D eigenvalue weighted by Crippen LogP contribution is -2.54. The average molecular weight is 505 g/mol. The number of amides is 2. The molecule has 3 heterocycles. The van der Waals surface area contributed by atoms with Crippen molar-refractivity contribution in [3.05, 3.63) is 62.8 Å². The Labute approximate surface area is 192 Å². The molecule has 4 aliphatic rings. The van der Waals surface area contributed by atoms with Crippen molar-refractivity contribution in [3.8, 4) is 0 Å². The largest absolute Gasteiger partial charge is 0.354 e. The highest BCUT2D eigenvalue weighted by atomic mass is 79.9. The van der Waals surface area contributed by atoms with Gasteiger partial charge in [-0.2, -0.15) is 0 Å². The highest BCUT2D eigenvalue weighted by Gasteiger charge is 2.70. The first-order valence-electron chi connectivity index (χ1n) is 10.5. The Hall–Kier alpha value is -1.96. The van der Waals surface area contributed by atoms with E-state index < -0.39 is 23.2 Å². The number of hydrogen-bond acceptors (Lipinski definition) is 3. The molecule has 160 valence electrons. The van der Waals surface area contributed by atoms with E-state index in [1.165, 1.54) is 0 Å². The molecule has 3 aliphatic heterocycles. The average Bonchev–Trinajstić information content (AvgIpc) is 3.33. The van der Waals surface area contributed by atoms with E-state index in [2.05, 4.69) is 31.5 Å². The molecule has 0 radical (unpaired) electrons. The van der Waals surface area contributed by atoms with Crippen LogP contribution >= 0.6 is 27.5 Å². The zero-order valence-electron chi connectivity index (χ0n) is 16.5. The smallest absolute Gasteiger partial charge is 0.250 e. The predicted octanol–water partition coefficient (Wildman–Crippen LogP) is 4.01. The van der Waals surface area contributed by atoms with Crippen molar-refractivity contribution in [2.75, 3.05) is 18.4 Å². The van der Waals surface area contributed by atoms with Gasteiger partial charge in [0.2, 0.25) is 11.8 Å². The first-order valence-corrected chi connectivity index (χ1v) is 11.7. The second-order valence-electron chi connectivity index (χ2n) is 8.97. The number of hydrogen-bond donors (Lipinski definition) is 2. The molecule has 3 fully saturated rings. The molecule has 1 spiro atoms. The third-order valence-electron chi connectivity index (χ3n) is 7.32. The number of halogens is 3. The van der Waals surface area contributed by atoms with Crippen molar-refractivity contribution >= 4 is 45.0 Å². The summed E-state index contributed by atoms with van der Waals surface area (Å²) in [4.78, 5) is 29.1. The minimum atomic E-state index is -1.16. The van der Waals surface area contributed by atoms with Crippen molar-refractivity contribution in [2.24, 2.45) is 11.8 Å². The minimum absolute atomic E-state index is 0.123. The Balaban J connectivity index is 1.65. The van der Waals surface area contributed by atoms with Gasteiger partial charge in [-0.15, -0.1) is 0 Å². The van der Waals surface area contributed by atoms with Crippen molar-refractivity contribution in [1.29, 1.82) is 0 Å². The number of rotatable bonds is 3. The van der Waals surface area contributed by atoms with E-state index in [0.717, 1.165) is 18.4 Å². The normalized spacial score (nSPS) is 31.6. The zero-order valence-corrected chi connectivity index (χ0v) is 18.8. The topological polar surface area (TPSA) is 61.4 Å². The lowest BCUT2D eigenvalue weighted by molar-refractivity contribution is -0.128. The van der Waals surface area contributed by atoms with Crippen LogP contribution in [-0.2, 0) is 15.1 Å². The van der Waals surface area contributed by atoms with Crippen LogP contribution < -0.4 is 10.6 Å². The highest BCUT2D eigenvalue weighted by molar-refractivity contribution is 9.10. The Kier molecular flexibility index (Phi) is 4.30. The van der Waals surface area contributed by atoms with Gasteiger partial charge >= 0.3 is 0 Å². The van der Waals surface area contributed by atoms with Gasteiger partial charge in [-0.05, 0) is 58.5 Å². The summed E-state index contributed by atoms with van der Waals surface area (Å²) < 4.78 is 15.8. The minimum Gasteiger partial charge on any atom is -0.354 e. The van der Waals surface area contributed by atoms with Crippen LogP contribution in [0.1, 0.15) is 29.9 Å². The van der Waals surface area contributed by atoms with Crippen molar-refractivity contribution in [2.45, 2.75) is 30.3 Å². The maximum atomic E-state index is 15.5. The molecule has 31 heavy (non-hydrogen) atoms. The first-order chi connectivity index (χ1) is 14.9. The fraction of sp³-hybridized carbons (Fsp3) is 0.391. The Morgan fingerprint density at radius 1 is 1.23 bits per heavy atom. The monoisotopic (exact) mass is 503 g/mol. The first kappa shape index (κ1) is 19.7. The van der Waals surface area contributed by atoms with Crippen LogP contribution in [0.2, 0.25) is 5.02 Å². The van der Waals surface area contributed by atoms with Gasteiger partial charge in [-0.25, -0.2) is 4.39 Å². The van der Waals surface area contributed by atoms with Gasteiger partial charge in [-0.1, -0.05) is 29.8 Å². The molecule has 6 rings (SSSR count). The molecule has 5 nitrogen and oxygen atoms in total. The van der Waals surface area contributed by atoms with Crippen LogP contribution in [0.4, 0.5) is 10.1 Å². The van der Waals surface area contributed by atoms with Gasteiger partial charge in [0.15, 0.2) is 0 Å². The predicted molar refractivity (Wildman–Crippen MR) is 118 cm³/mol. The SMILES string of the molecule is O=C1NC[C@H]2[C@@H]1[C@H](c1cccc(Br)c1F)[C@]1(C(=O)Nc3cc(Cl)ccc31)N2CC1CC1. The van der Waals surface area contributed by atoms with Gasteiger partial charge in [0.05, 0.1) is 10.4 Å². The standard InChI is InChI=1S/C23H20BrClFN3O2/c24-15-3-1-2-13(20(15)26)19-18-17(9-27-21(18)30)29(10-11-4-5-11)23(19)14-7-6-12(25)8-16(14)28-22(23)31/h1-3,6-8,11,17-19H,4-5,9-10H2,(H,27,30)(H,28,31)/t17-,18+,19-,23+/m0/s1. The molecular weight excluding hydrogens is 485 g/mol. The molecule has 2 saturated heterocycles. The van der Waals surface area contributed by atoms with E-state index in [1.54, 1.807) is 30.3 Å². The maximum absolute atomic E-state index is 15.5. The van der Waals surface area contributed by atoms with E-state index >= 15 is 4.39 Å². The molecule has 8 heteroatoms. The number of nitrogens with one attached hydrogen (secondary N) is 2. The Morgan fingerprint density at radius 3 is 2.81 bits per heavy atom. The third kappa shape index (κ3) is 2.63. The number of anilines is 1. The third-order valence-corrected chi connectivity index (χ3v) is 8.17. The molecule has 2 aromatic rings. The molecule has 0 aromatic heterocycles. The second-order valence-corrected chi connectivity index (χ2v) is 10.3. The van der Waals surface area contributed by atoms with E-state index in [4.69, 9.17) is 11.6 Å². The quantitative estimate of drug-likeness (QED) is 0.664. The summed E-state index contributed by atoms with van der Waals surface area (Å²) in [6.07, 6.45) is 2.21. The lowest BCUT2D eigenvalue weighted by Gasteiger charge is -2.40. The second kappa shape index (κ2) is 6.77. The molecule has 0 unspecified atom stereocenters. The maximum Gasteiger partial charge on any atom is 0.250 e.